The second-order valence-electron chi connectivity index (χ2n) is 8.15. The molecule has 2 aliphatic rings. The molecule has 1 unspecified atom stereocenters. The third-order valence-corrected chi connectivity index (χ3v) is 5.76. The van der Waals surface area contributed by atoms with E-state index in [4.69, 9.17) is 19.2 Å². The molecule has 3 rings (SSSR count). The van der Waals surface area contributed by atoms with E-state index in [1.807, 2.05) is 6.92 Å². The van der Waals surface area contributed by atoms with Gasteiger partial charge < -0.3 is 24.4 Å². The molecule has 172 valence electrons. The molecule has 0 bridgehead atoms. The molecule has 0 spiro atoms. The Labute approximate surface area is 186 Å². The molecule has 1 aromatic carbocycles. The normalized spacial score (nSPS) is 20.5. The molecule has 2 fully saturated rings. The summed E-state index contributed by atoms with van der Waals surface area (Å²) in [4.78, 5) is 19.2. The number of carbonyl (C=O) groups is 1. The van der Waals surface area contributed by atoms with Gasteiger partial charge >= 0.3 is 5.97 Å². The van der Waals surface area contributed by atoms with Gasteiger partial charge in [-0.2, -0.15) is 0 Å². The van der Waals surface area contributed by atoms with Crippen molar-refractivity contribution < 1.29 is 19.0 Å². The van der Waals surface area contributed by atoms with E-state index in [1.54, 1.807) is 0 Å². The Kier molecular flexibility index (Phi) is 9.62. The number of rotatable bonds is 8. The lowest BCUT2D eigenvalue weighted by molar-refractivity contribution is -0.149. The first kappa shape index (κ1) is 23.5. The van der Waals surface area contributed by atoms with E-state index in [9.17, 15) is 4.79 Å². The van der Waals surface area contributed by atoms with Crippen molar-refractivity contribution in [3.05, 3.63) is 35.4 Å². The van der Waals surface area contributed by atoms with Crippen molar-refractivity contribution >= 4 is 11.9 Å². The van der Waals surface area contributed by atoms with E-state index in [2.05, 4.69) is 41.4 Å². The molecule has 31 heavy (non-hydrogen) atoms. The van der Waals surface area contributed by atoms with Crippen LogP contribution < -0.4 is 5.32 Å². The second kappa shape index (κ2) is 12.7. The van der Waals surface area contributed by atoms with Gasteiger partial charge in [0.15, 0.2) is 5.96 Å². The minimum Gasteiger partial charge on any atom is -0.466 e. The summed E-state index contributed by atoms with van der Waals surface area (Å²) in [6.45, 7) is 9.55. The highest BCUT2D eigenvalue weighted by Gasteiger charge is 2.28. The number of hydrogen-bond donors (Lipinski definition) is 1. The summed E-state index contributed by atoms with van der Waals surface area (Å²) in [5.41, 5.74) is 2.34. The van der Waals surface area contributed by atoms with Crippen LogP contribution in [-0.4, -0.2) is 62.4 Å². The van der Waals surface area contributed by atoms with Crippen LogP contribution in [0, 0.1) is 5.92 Å². The zero-order valence-corrected chi connectivity index (χ0v) is 19.0. The van der Waals surface area contributed by atoms with Crippen LogP contribution >= 0.6 is 0 Å². The van der Waals surface area contributed by atoms with Crippen molar-refractivity contribution in [1.29, 1.82) is 0 Å². The van der Waals surface area contributed by atoms with E-state index >= 15 is 0 Å². The van der Waals surface area contributed by atoms with Crippen LogP contribution in [0.1, 0.15) is 50.7 Å². The smallest absolute Gasteiger partial charge is 0.310 e. The molecule has 2 aliphatic heterocycles. The van der Waals surface area contributed by atoms with Crippen LogP contribution in [0.3, 0.4) is 0 Å². The lowest BCUT2D eigenvalue weighted by Crippen LogP contribution is -2.48. The van der Waals surface area contributed by atoms with Crippen LogP contribution in [-0.2, 0) is 32.2 Å². The number of carbonyl (C=O) groups excluding carboxylic acids is 1. The van der Waals surface area contributed by atoms with Crippen LogP contribution in [0.4, 0.5) is 0 Å². The number of likely N-dealkylation sites (tertiary alicyclic amines) is 1. The van der Waals surface area contributed by atoms with Gasteiger partial charge in [-0.3, -0.25) is 4.79 Å². The summed E-state index contributed by atoms with van der Waals surface area (Å²) in [6, 6.07) is 8.48. The lowest BCUT2D eigenvalue weighted by atomic mass is 9.98. The Hall–Kier alpha value is -2.12. The van der Waals surface area contributed by atoms with Gasteiger partial charge in [0.25, 0.3) is 0 Å². The van der Waals surface area contributed by atoms with Crippen molar-refractivity contribution in [3.63, 3.8) is 0 Å². The molecule has 0 radical (unpaired) electrons. The summed E-state index contributed by atoms with van der Waals surface area (Å²) in [5, 5.41) is 3.38. The average molecular weight is 432 g/mol. The highest BCUT2D eigenvalue weighted by atomic mass is 16.5. The number of ether oxygens (including phenoxy) is 3. The van der Waals surface area contributed by atoms with Gasteiger partial charge in [-0.25, -0.2) is 4.99 Å². The molecule has 1 atom stereocenters. The van der Waals surface area contributed by atoms with Crippen LogP contribution in [0.2, 0.25) is 0 Å². The first-order valence-electron chi connectivity index (χ1n) is 11.7. The van der Waals surface area contributed by atoms with E-state index < -0.39 is 0 Å². The topological polar surface area (TPSA) is 72.4 Å². The molecule has 2 heterocycles. The highest BCUT2D eigenvalue weighted by molar-refractivity contribution is 5.81. The molecular weight excluding hydrogens is 394 g/mol. The summed E-state index contributed by atoms with van der Waals surface area (Å²) in [6.07, 6.45) is 4.12. The zero-order valence-electron chi connectivity index (χ0n) is 19.0. The van der Waals surface area contributed by atoms with Gasteiger partial charge in [0, 0.05) is 32.8 Å². The van der Waals surface area contributed by atoms with Gasteiger partial charge in [-0.15, -0.1) is 0 Å². The average Bonchev–Trinajstić information content (AvgIpc) is 2.82. The maximum atomic E-state index is 12.2. The van der Waals surface area contributed by atoms with E-state index in [1.165, 1.54) is 5.56 Å². The third kappa shape index (κ3) is 7.51. The van der Waals surface area contributed by atoms with Crippen LogP contribution in [0.5, 0.6) is 0 Å². The fourth-order valence-corrected chi connectivity index (χ4v) is 4.01. The Morgan fingerprint density at radius 3 is 2.61 bits per heavy atom. The molecule has 0 aromatic heterocycles. The molecule has 0 amide bonds. The number of nitrogens with one attached hydrogen (secondary N) is 1. The number of benzene rings is 1. The monoisotopic (exact) mass is 431 g/mol. The predicted molar refractivity (Wildman–Crippen MR) is 121 cm³/mol. The largest absolute Gasteiger partial charge is 0.466 e. The summed E-state index contributed by atoms with van der Waals surface area (Å²) < 4.78 is 16.6. The summed E-state index contributed by atoms with van der Waals surface area (Å²) in [5.74, 6) is 0.692. The Bertz CT molecular complexity index is 701. The fourth-order valence-electron chi connectivity index (χ4n) is 4.01. The van der Waals surface area contributed by atoms with Crippen molar-refractivity contribution in [2.45, 2.75) is 58.8 Å². The number of aliphatic imine (C=N–C) groups is 1. The number of nitrogens with zero attached hydrogens (tertiary/aromatic N) is 2. The molecule has 0 aliphatic carbocycles. The number of esters is 1. The molecule has 1 aromatic rings. The molecule has 1 N–H and O–H groups in total. The predicted octanol–water partition coefficient (Wildman–Crippen LogP) is 3.12. The summed E-state index contributed by atoms with van der Waals surface area (Å²) in [7, 11) is 0. The zero-order chi connectivity index (χ0) is 21.9. The maximum absolute atomic E-state index is 12.2. The Morgan fingerprint density at radius 2 is 1.90 bits per heavy atom. The van der Waals surface area contributed by atoms with Crippen molar-refractivity contribution in [2.24, 2.45) is 10.9 Å². The second-order valence-corrected chi connectivity index (χ2v) is 8.15. The van der Waals surface area contributed by atoms with Crippen molar-refractivity contribution in [2.75, 3.05) is 39.5 Å². The van der Waals surface area contributed by atoms with Crippen molar-refractivity contribution in [3.8, 4) is 0 Å². The standard InChI is InChI=1S/C24H37N3O4/c1-3-25-24(27-13-5-6-21(17-27)23(28)30-4-2)26-16-19-7-9-20(10-8-19)18-31-22-11-14-29-15-12-22/h7-10,21-22H,3-6,11-18H2,1-2H3,(H,25,26). The molecule has 7 heteroatoms. The minimum absolute atomic E-state index is 0.0763. The van der Waals surface area contributed by atoms with Crippen molar-refractivity contribution in [1.82, 2.24) is 10.2 Å². The Morgan fingerprint density at radius 1 is 1.16 bits per heavy atom. The van der Waals surface area contributed by atoms with Crippen LogP contribution in [0.15, 0.2) is 29.3 Å². The first-order valence-corrected chi connectivity index (χ1v) is 11.7. The number of piperidine rings is 1. The highest BCUT2D eigenvalue weighted by Crippen LogP contribution is 2.19. The fraction of sp³-hybridized carbons (Fsp3) is 0.667. The quantitative estimate of drug-likeness (QED) is 0.387. The number of guanidine groups is 1. The van der Waals surface area contributed by atoms with Gasteiger partial charge in [-0.05, 0) is 50.7 Å². The van der Waals surface area contributed by atoms with Gasteiger partial charge in [0.1, 0.15) is 0 Å². The summed E-state index contributed by atoms with van der Waals surface area (Å²) >= 11 is 0. The van der Waals surface area contributed by atoms with E-state index in [-0.39, 0.29) is 11.9 Å². The Balaban J connectivity index is 1.53. The van der Waals surface area contributed by atoms with E-state index in [0.29, 0.717) is 32.4 Å². The van der Waals surface area contributed by atoms with Gasteiger partial charge in [0.05, 0.1) is 31.8 Å². The SMILES string of the molecule is CCNC(=NCc1ccc(COC2CCOCC2)cc1)N1CCCC(C(=O)OCC)C1. The third-order valence-electron chi connectivity index (χ3n) is 5.76. The maximum Gasteiger partial charge on any atom is 0.310 e. The van der Waals surface area contributed by atoms with Crippen LogP contribution in [0.25, 0.3) is 0 Å². The first-order chi connectivity index (χ1) is 15.2. The molecule has 2 saturated heterocycles. The lowest BCUT2D eigenvalue weighted by Gasteiger charge is -2.34. The molecular formula is C24H37N3O4. The molecule has 7 nitrogen and oxygen atoms in total. The van der Waals surface area contributed by atoms with Gasteiger partial charge in [0.2, 0.25) is 0 Å². The van der Waals surface area contributed by atoms with Gasteiger partial charge in [-0.1, -0.05) is 24.3 Å². The molecule has 0 saturated carbocycles. The minimum atomic E-state index is -0.0957. The number of hydrogen-bond acceptors (Lipinski definition) is 5. The van der Waals surface area contributed by atoms with E-state index in [0.717, 1.165) is 63.5 Å².